The number of aliphatic hydroxyl groups is 1. The molecule has 1 aromatic heterocycles. The number of thiazole rings is 1. The number of hydrogen-bond donors (Lipinski definition) is 2. The van der Waals surface area contributed by atoms with Gasteiger partial charge in [-0.3, -0.25) is 0 Å². The zero-order valence-corrected chi connectivity index (χ0v) is 11.2. The Balaban J connectivity index is 2.55. The quantitative estimate of drug-likeness (QED) is 0.771. The number of nitrogens with zero attached hydrogens (tertiary/aromatic N) is 1. The number of hydrogen-bond acceptors (Lipinski definition) is 4. The lowest BCUT2D eigenvalue weighted by Gasteiger charge is -2.30. The third-order valence-electron chi connectivity index (χ3n) is 3.20. The first-order valence-corrected chi connectivity index (χ1v) is 6.86. The van der Waals surface area contributed by atoms with E-state index in [1.807, 2.05) is 0 Å². The highest BCUT2D eigenvalue weighted by Gasteiger charge is 2.24. The van der Waals surface area contributed by atoms with Crippen LogP contribution < -0.4 is 5.32 Å². The van der Waals surface area contributed by atoms with E-state index in [1.54, 1.807) is 11.3 Å². The molecule has 0 saturated carbocycles. The summed E-state index contributed by atoms with van der Waals surface area (Å²) in [6.07, 6.45) is 2.87. The van der Waals surface area contributed by atoms with E-state index in [4.69, 9.17) is 0 Å². The van der Waals surface area contributed by atoms with Gasteiger partial charge in [0.1, 0.15) is 0 Å². The summed E-state index contributed by atoms with van der Waals surface area (Å²) in [7, 11) is 0. The molecule has 0 aliphatic carbocycles. The Morgan fingerprint density at radius 3 is 2.50 bits per heavy atom. The summed E-state index contributed by atoms with van der Waals surface area (Å²) in [5.74, 6) is 0. The molecule has 1 aromatic rings. The summed E-state index contributed by atoms with van der Waals surface area (Å²) in [6.45, 7) is 7.26. The van der Waals surface area contributed by atoms with Gasteiger partial charge in [-0.1, -0.05) is 20.8 Å². The molecule has 2 N–H and O–H groups in total. The lowest BCUT2D eigenvalue weighted by molar-refractivity contribution is 0.149. The van der Waals surface area contributed by atoms with Crippen molar-refractivity contribution in [3.05, 3.63) is 16.1 Å². The topological polar surface area (TPSA) is 45.2 Å². The predicted molar refractivity (Wildman–Crippen MR) is 68.7 cm³/mol. The molecule has 0 unspecified atom stereocenters. The summed E-state index contributed by atoms with van der Waals surface area (Å²) >= 11 is 1.71. The van der Waals surface area contributed by atoms with E-state index in [1.165, 1.54) is 5.01 Å². The van der Waals surface area contributed by atoms with Crippen LogP contribution in [0.1, 0.15) is 44.3 Å². The SMILES string of the molecule is CCc1nc(CNC(CC)(CC)CO)cs1. The molecule has 0 fully saturated rings. The minimum Gasteiger partial charge on any atom is -0.394 e. The monoisotopic (exact) mass is 242 g/mol. The van der Waals surface area contributed by atoms with E-state index in [0.29, 0.717) is 0 Å². The standard InChI is InChI=1S/C12H22N2OS/c1-4-11-14-10(8-16-11)7-13-12(5-2,6-3)9-15/h8,13,15H,4-7,9H2,1-3H3. The summed E-state index contributed by atoms with van der Waals surface area (Å²) in [5, 5.41) is 16.1. The maximum atomic E-state index is 9.43. The predicted octanol–water partition coefficient (Wildman–Crippen LogP) is 2.35. The van der Waals surface area contributed by atoms with E-state index < -0.39 is 0 Å². The van der Waals surface area contributed by atoms with Gasteiger partial charge in [-0.25, -0.2) is 4.98 Å². The lowest BCUT2D eigenvalue weighted by atomic mass is 9.94. The molecule has 0 aromatic carbocycles. The largest absolute Gasteiger partial charge is 0.394 e. The first-order chi connectivity index (χ1) is 7.69. The first-order valence-electron chi connectivity index (χ1n) is 5.98. The van der Waals surface area contributed by atoms with Crippen LogP contribution in [0, 0.1) is 0 Å². The van der Waals surface area contributed by atoms with Crippen molar-refractivity contribution in [2.24, 2.45) is 0 Å². The molecule has 3 nitrogen and oxygen atoms in total. The van der Waals surface area contributed by atoms with Crippen LogP contribution >= 0.6 is 11.3 Å². The zero-order valence-electron chi connectivity index (χ0n) is 10.4. The maximum absolute atomic E-state index is 9.43. The average molecular weight is 242 g/mol. The molecule has 92 valence electrons. The summed E-state index contributed by atoms with van der Waals surface area (Å²) in [5.41, 5.74) is 0.942. The Morgan fingerprint density at radius 2 is 2.06 bits per heavy atom. The molecule has 0 saturated heterocycles. The van der Waals surface area contributed by atoms with Gasteiger partial charge < -0.3 is 10.4 Å². The highest BCUT2D eigenvalue weighted by atomic mass is 32.1. The molecular formula is C12H22N2OS. The fourth-order valence-corrected chi connectivity index (χ4v) is 2.39. The Labute approximate surface area is 102 Å². The fraction of sp³-hybridized carbons (Fsp3) is 0.750. The summed E-state index contributed by atoms with van der Waals surface area (Å²) in [6, 6.07) is 0. The van der Waals surface area contributed by atoms with Crippen LogP contribution in [0.2, 0.25) is 0 Å². The van der Waals surface area contributed by atoms with E-state index >= 15 is 0 Å². The normalized spacial score (nSPS) is 12.0. The van der Waals surface area contributed by atoms with Gasteiger partial charge in [0.25, 0.3) is 0 Å². The molecule has 0 atom stereocenters. The third-order valence-corrected chi connectivity index (χ3v) is 4.24. The molecule has 0 aliphatic heterocycles. The van der Waals surface area contributed by atoms with Gasteiger partial charge >= 0.3 is 0 Å². The highest BCUT2D eigenvalue weighted by Crippen LogP contribution is 2.16. The number of aryl methyl sites for hydroxylation is 1. The molecule has 0 aliphatic rings. The van der Waals surface area contributed by atoms with E-state index in [0.717, 1.165) is 31.5 Å². The van der Waals surface area contributed by atoms with Crippen LogP contribution in [-0.2, 0) is 13.0 Å². The van der Waals surface area contributed by atoms with Crippen LogP contribution in [0.3, 0.4) is 0 Å². The highest BCUT2D eigenvalue weighted by molar-refractivity contribution is 7.09. The van der Waals surface area contributed by atoms with Gasteiger partial charge in [-0.2, -0.15) is 0 Å². The van der Waals surface area contributed by atoms with Crippen molar-refractivity contribution in [2.45, 2.75) is 52.1 Å². The fourth-order valence-electron chi connectivity index (χ4n) is 1.65. The molecule has 0 amide bonds. The van der Waals surface area contributed by atoms with E-state index in [9.17, 15) is 5.11 Å². The van der Waals surface area contributed by atoms with Crippen molar-refractivity contribution in [3.63, 3.8) is 0 Å². The van der Waals surface area contributed by atoms with Gasteiger partial charge in [0.2, 0.25) is 0 Å². The molecule has 0 bridgehead atoms. The van der Waals surface area contributed by atoms with Crippen LogP contribution in [0.25, 0.3) is 0 Å². The van der Waals surface area contributed by atoms with Gasteiger partial charge in [0.15, 0.2) is 0 Å². The molecule has 4 heteroatoms. The van der Waals surface area contributed by atoms with E-state index in [-0.39, 0.29) is 12.1 Å². The lowest BCUT2D eigenvalue weighted by Crippen LogP contribution is -2.47. The minimum atomic E-state index is -0.143. The maximum Gasteiger partial charge on any atom is 0.0926 e. The molecule has 1 rings (SSSR count). The number of rotatable bonds is 7. The van der Waals surface area contributed by atoms with E-state index in [2.05, 4.69) is 36.5 Å². The van der Waals surface area contributed by atoms with Crippen molar-refractivity contribution in [1.29, 1.82) is 0 Å². The number of aliphatic hydroxyl groups excluding tert-OH is 1. The Hall–Kier alpha value is -0.450. The number of nitrogens with one attached hydrogen (secondary N) is 1. The van der Waals surface area contributed by atoms with Crippen molar-refractivity contribution >= 4 is 11.3 Å². The van der Waals surface area contributed by atoms with Gasteiger partial charge in [-0.15, -0.1) is 11.3 Å². The van der Waals surface area contributed by atoms with Crippen LogP contribution in [0.15, 0.2) is 5.38 Å². The second kappa shape index (κ2) is 6.33. The smallest absolute Gasteiger partial charge is 0.0926 e. The summed E-state index contributed by atoms with van der Waals surface area (Å²) in [4.78, 5) is 4.51. The molecular weight excluding hydrogens is 220 g/mol. The Morgan fingerprint density at radius 1 is 1.38 bits per heavy atom. The number of aromatic nitrogens is 1. The third kappa shape index (κ3) is 3.27. The minimum absolute atomic E-state index is 0.143. The summed E-state index contributed by atoms with van der Waals surface area (Å²) < 4.78 is 0. The second-order valence-corrected chi connectivity index (χ2v) is 5.03. The molecule has 0 radical (unpaired) electrons. The zero-order chi connectivity index (χ0) is 12.0. The van der Waals surface area contributed by atoms with Crippen molar-refractivity contribution in [2.75, 3.05) is 6.61 Å². The van der Waals surface area contributed by atoms with Crippen LogP contribution in [-0.4, -0.2) is 22.2 Å². The molecule has 16 heavy (non-hydrogen) atoms. The molecule has 0 spiro atoms. The van der Waals surface area contributed by atoms with Crippen LogP contribution in [0.4, 0.5) is 0 Å². The Bertz CT molecular complexity index is 299. The van der Waals surface area contributed by atoms with Crippen molar-refractivity contribution in [3.8, 4) is 0 Å². The Kier molecular flexibility index (Phi) is 5.38. The molecule has 1 heterocycles. The van der Waals surface area contributed by atoms with Gasteiger partial charge in [0, 0.05) is 17.5 Å². The average Bonchev–Trinajstić information content (AvgIpc) is 2.80. The van der Waals surface area contributed by atoms with Crippen molar-refractivity contribution < 1.29 is 5.11 Å². The second-order valence-electron chi connectivity index (χ2n) is 4.09. The van der Waals surface area contributed by atoms with Crippen molar-refractivity contribution in [1.82, 2.24) is 10.3 Å². The van der Waals surface area contributed by atoms with Gasteiger partial charge in [-0.05, 0) is 19.3 Å². The van der Waals surface area contributed by atoms with Crippen LogP contribution in [0.5, 0.6) is 0 Å². The first kappa shape index (κ1) is 13.6. The van der Waals surface area contributed by atoms with Gasteiger partial charge in [0.05, 0.1) is 17.3 Å².